The average molecular weight is 432 g/mol. The molecule has 3 heterocycles. The number of pyridine rings is 1. The standard InChI is InChI=1S/C23H24N6O3/c1-15-11-26-29(14-15)19-7-5-16(6-8-19)20-4-2-3-9-28(20)23(32)22(31)27-18-10-17(21(24)30)12-25-13-18/h5-8,10-14,20H,2-4,9H2,1H3,(H2,24,30)(H,27,31)/t20-/m0/s1. The first-order chi connectivity index (χ1) is 15.4. The van der Waals surface area contributed by atoms with Crippen LogP contribution in [-0.4, -0.2) is 43.9 Å². The molecule has 3 amide bonds. The molecular formula is C23H24N6O3. The lowest BCUT2D eigenvalue weighted by Crippen LogP contribution is -2.44. The molecule has 3 aromatic rings. The van der Waals surface area contributed by atoms with Gasteiger partial charge in [-0.2, -0.15) is 5.10 Å². The number of aromatic nitrogens is 3. The molecule has 0 saturated carbocycles. The molecule has 9 heteroatoms. The second-order valence-corrected chi connectivity index (χ2v) is 7.84. The first kappa shape index (κ1) is 21.2. The van der Waals surface area contributed by atoms with Gasteiger partial charge < -0.3 is 16.0 Å². The van der Waals surface area contributed by atoms with Crippen molar-refractivity contribution in [1.29, 1.82) is 0 Å². The third-order valence-corrected chi connectivity index (χ3v) is 5.49. The van der Waals surface area contributed by atoms with Crippen molar-refractivity contribution in [1.82, 2.24) is 19.7 Å². The predicted octanol–water partition coefficient (Wildman–Crippen LogP) is 2.37. The first-order valence-electron chi connectivity index (χ1n) is 10.4. The lowest BCUT2D eigenvalue weighted by atomic mass is 9.95. The minimum absolute atomic E-state index is 0.151. The van der Waals surface area contributed by atoms with Crippen LogP contribution in [0.3, 0.4) is 0 Å². The summed E-state index contributed by atoms with van der Waals surface area (Å²) < 4.78 is 1.80. The van der Waals surface area contributed by atoms with Crippen LogP contribution in [-0.2, 0) is 9.59 Å². The van der Waals surface area contributed by atoms with E-state index in [0.717, 1.165) is 36.1 Å². The minimum Gasteiger partial charge on any atom is -0.366 e. The number of benzene rings is 1. The summed E-state index contributed by atoms with van der Waals surface area (Å²) in [7, 11) is 0. The topological polar surface area (TPSA) is 123 Å². The van der Waals surface area contributed by atoms with Crippen LogP contribution in [0.15, 0.2) is 55.1 Å². The largest absolute Gasteiger partial charge is 0.366 e. The maximum absolute atomic E-state index is 13.0. The van der Waals surface area contributed by atoms with E-state index in [0.29, 0.717) is 6.54 Å². The Morgan fingerprint density at radius 3 is 2.56 bits per heavy atom. The van der Waals surface area contributed by atoms with Crippen molar-refractivity contribution in [3.05, 3.63) is 71.8 Å². The van der Waals surface area contributed by atoms with Gasteiger partial charge in [0.05, 0.1) is 35.4 Å². The van der Waals surface area contributed by atoms with Gasteiger partial charge in [-0.3, -0.25) is 19.4 Å². The number of likely N-dealkylation sites (tertiary alicyclic amines) is 1. The molecule has 1 fully saturated rings. The molecule has 164 valence electrons. The molecule has 2 aromatic heterocycles. The molecule has 0 aliphatic carbocycles. The summed E-state index contributed by atoms with van der Waals surface area (Å²) in [5.41, 5.74) is 8.61. The average Bonchev–Trinajstić information content (AvgIpc) is 3.25. The second-order valence-electron chi connectivity index (χ2n) is 7.84. The summed E-state index contributed by atoms with van der Waals surface area (Å²) in [5, 5.41) is 6.84. The minimum atomic E-state index is -0.774. The summed E-state index contributed by atoms with van der Waals surface area (Å²) in [5.74, 6) is -2.06. The van der Waals surface area contributed by atoms with Crippen molar-refractivity contribution in [2.75, 3.05) is 11.9 Å². The molecule has 0 radical (unpaired) electrons. The highest BCUT2D eigenvalue weighted by molar-refractivity contribution is 6.39. The molecule has 0 unspecified atom stereocenters. The Kier molecular flexibility index (Phi) is 5.98. The van der Waals surface area contributed by atoms with Gasteiger partial charge in [0.2, 0.25) is 5.91 Å². The fraction of sp³-hybridized carbons (Fsp3) is 0.261. The SMILES string of the molecule is Cc1cnn(-c2ccc([C@@H]3CCCCN3C(=O)C(=O)Nc3cncc(C(N)=O)c3)cc2)c1. The Balaban J connectivity index is 1.50. The van der Waals surface area contributed by atoms with Crippen LogP contribution in [0.4, 0.5) is 5.69 Å². The van der Waals surface area contributed by atoms with Gasteiger partial charge in [0.1, 0.15) is 0 Å². The summed E-state index contributed by atoms with van der Waals surface area (Å²) in [6.45, 7) is 2.48. The van der Waals surface area contributed by atoms with Crippen molar-refractivity contribution in [3.8, 4) is 5.69 Å². The van der Waals surface area contributed by atoms with Gasteiger partial charge in [-0.15, -0.1) is 0 Å². The van der Waals surface area contributed by atoms with E-state index in [-0.39, 0.29) is 17.3 Å². The van der Waals surface area contributed by atoms with E-state index in [2.05, 4.69) is 15.4 Å². The third-order valence-electron chi connectivity index (χ3n) is 5.49. The Hall–Kier alpha value is -4.01. The highest BCUT2D eigenvalue weighted by atomic mass is 16.2. The maximum Gasteiger partial charge on any atom is 0.313 e. The van der Waals surface area contributed by atoms with E-state index in [1.54, 1.807) is 15.8 Å². The van der Waals surface area contributed by atoms with Crippen LogP contribution in [0.25, 0.3) is 5.69 Å². The molecule has 32 heavy (non-hydrogen) atoms. The second kappa shape index (κ2) is 9.01. The van der Waals surface area contributed by atoms with Crippen molar-refractivity contribution < 1.29 is 14.4 Å². The molecule has 4 rings (SSSR count). The third kappa shape index (κ3) is 4.51. The van der Waals surface area contributed by atoms with Crippen LogP contribution < -0.4 is 11.1 Å². The van der Waals surface area contributed by atoms with Gasteiger partial charge in [0, 0.05) is 18.9 Å². The number of amides is 3. The lowest BCUT2D eigenvalue weighted by molar-refractivity contribution is -0.145. The Labute approximate surface area is 185 Å². The molecule has 1 aliphatic rings. The van der Waals surface area contributed by atoms with E-state index in [9.17, 15) is 14.4 Å². The number of anilines is 1. The normalized spacial score (nSPS) is 15.9. The monoisotopic (exact) mass is 432 g/mol. The van der Waals surface area contributed by atoms with Crippen LogP contribution in [0, 0.1) is 6.92 Å². The molecule has 1 aromatic carbocycles. The molecule has 9 nitrogen and oxygen atoms in total. The number of nitrogens with one attached hydrogen (secondary N) is 1. The first-order valence-corrected chi connectivity index (χ1v) is 10.4. The zero-order valence-electron chi connectivity index (χ0n) is 17.7. The predicted molar refractivity (Wildman–Crippen MR) is 118 cm³/mol. The van der Waals surface area contributed by atoms with Crippen molar-refractivity contribution in [2.45, 2.75) is 32.2 Å². The number of carbonyl (C=O) groups excluding carboxylic acids is 3. The highest BCUT2D eigenvalue weighted by Gasteiger charge is 2.32. The number of piperidine rings is 1. The molecule has 3 N–H and O–H groups in total. The zero-order valence-corrected chi connectivity index (χ0v) is 17.7. The summed E-state index contributed by atoms with van der Waals surface area (Å²) in [6.07, 6.45) is 8.98. The van der Waals surface area contributed by atoms with Gasteiger partial charge >= 0.3 is 11.8 Å². The molecule has 1 atom stereocenters. The van der Waals surface area contributed by atoms with Gasteiger partial charge in [-0.1, -0.05) is 12.1 Å². The fourth-order valence-corrected chi connectivity index (χ4v) is 3.88. The van der Waals surface area contributed by atoms with Gasteiger partial charge in [0.25, 0.3) is 0 Å². The number of rotatable bonds is 4. The van der Waals surface area contributed by atoms with Crippen LogP contribution >= 0.6 is 0 Å². The summed E-state index contributed by atoms with van der Waals surface area (Å²) in [6, 6.07) is 9.07. The van der Waals surface area contributed by atoms with Crippen molar-refractivity contribution in [3.63, 3.8) is 0 Å². The molecule has 1 saturated heterocycles. The summed E-state index contributed by atoms with van der Waals surface area (Å²) in [4.78, 5) is 42.5. The Morgan fingerprint density at radius 2 is 1.88 bits per heavy atom. The van der Waals surface area contributed by atoms with E-state index in [1.165, 1.54) is 18.5 Å². The van der Waals surface area contributed by atoms with Crippen molar-refractivity contribution >= 4 is 23.4 Å². The molecule has 1 aliphatic heterocycles. The number of aryl methyl sites for hydroxylation is 1. The van der Waals surface area contributed by atoms with Crippen LogP contribution in [0.2, 0.25) is 0 Å². The lowest BCUT2D eigenvalue weighted by Gasteiger charge is -2.35. The fourth-order valence-electron chi connectivity index (χ4n) is 3.88. The Bertz CT molecular complexity index is 1150. The van der Waals surface area contributed by atoms with Crippen molar-refractivity contribution in [2.24, 2.45) is 5.73 Å². The van der Waals surface area contributed by atoms with E-state index >= 15 is 0 Å². The van der Waals surface area contributed by atoms with Gasteiger partial charge in [-0.05, 0) is 55.5 Å². The van der Waals surface area contributed by atoms with Crippen LogP contribution in [0.1, 0.15) is 46.8 Å². The maximum atomic E-state index is 13.0. The Morgan fingerprint density at radius 1 is 1.09 bits per heavy atom. The number of hydrogen-bond acceptors (Lipinski definition) is 5. The number of primary amides is 1. The van der Waals surface area contributed by atoms with E-state index in [4.69, 9.17) is 5.73 Å². The van der Waals surface area contributed by atoms with E-state index in [1.807, 2.05) is 37.4 Å². The smallest absolute Gasteiger partial charge is 0.313 e. The number of nitrogens with two attached hydrogens (primary N) is 1. The quantitative estimate of drug-likeness (QED) is 0.613. The van der Waals surface area contributed by atoms with Gasteiger partial charge in [-0.25, -0.2) is 4.68 Å². The highest BCUT2D eigenvalue weighted by Crippen LogP contribution is 2.31. The number of nitrogens with zero attached hydrogens (tertiary/aromatic N) is 4. The molecule has 0 bridgehead atoms. The van der Waals surface area contributed by atoms with E-state index < -0.39 is 17.7 Å². The van der Waals surface area contributed by atoms with Gasteiger partial charge in [0.15, 0.2) is 0 Å². The molecule has 0 spiro atoms. The number of carbonyl (C=O) groups is 3. The number of hydrogen-bond donors (Lipinski definition) is 2. The zero-order chi connectivity index (χ0) is 22.7. The summed E-state index contributed by atoms with van der Waals surface area (Å²) >= 11 is 0. The molecular weight excluding hydrogens is 408 g/mol. The van der Waals surface area contributed by atoms with Crippen LogP contribution in [0.5, 0.6) is 0 Å².